The van der Waals surface area contributed by atoms with E-state index in [-0.39, 0.29) is 16.3 Å². The van der Waals surface area contributed by atoms with Crippen molar-refractivity contribution in [2.24, 2.45) is 0 Å². The Labute approximate surface area is 132 Å². The summed E-state index contributed by atoms with van der Waals surface area (Å²) in [6.07, 6.45) is -4.63. The quantitative estimate of drug-likeness (QED) is 0.760. The van der Waals surface area contributed by atoms with E-state index in [0.29, 0.717) is 12.1 Å². The molecular weight excluding hydrogens is 338 g/mol. The molecule has 1 unspecified atom stereocenters. The number of hydrogen-bond acceptors (Lipinski definition) is 2. The van der Waals surface area contributed by atoms with E-state index in [1.54, 1.807) is 0 Å². The molecule has 23 heavy (non-hydrogen) atoms. The largest absolute Gasteiger partial charge is 0.508 e. The van der Waals surface area contributed by atoms with Gasteiger partial charge >= 0.3 is 6.18 Å². The Bertz CT molecular complexity index is 822. The van der Waals surface area contributed by atoms with Crippen LogP contribution in [-0.2, 0) is 16.6 Å². The SMILES string of the molecule is O=C1Nc2cc(C(F)(F)F)ccc2C1(F)c1cc(Cl)ccc1O. The Morgan fingerprint density at radius 3 is 2.43 bits per heavy atom. The van der Waals surface area contributed by atoms with E-state index in [4.69, 9.17) is 11.6 Å². The van der Waals surface area contributed by atoms with Crippen molar-refractivity contribution in [1.29, 1.82) is 0 Å². The Kier molecular flexibility index (Phi) is 3.30. The van der Waals surface area contributed by atoms with E-state index in [1.165, 1.54) is 6.07 Å². The van der Waals surface area contributed by atoms with Gasteiger partial charge in [-0.1, -0.05) is 17.7 Å². The zero-order valence-corrected chi connectivity index (χ0v) is 12.0. The molecule has 0 saturated heterocycles. The molecule has 1 heterocycles. The second-order valence-electron chi connectivity index (χ2n) is 5.03. The fraction of sp³-hybridized carbons (Fsp3) is 0.133. The Hall–Kier alpha value is -2.28. The lowest BCUT2D eigenvalue weighted by Crippen LogP contribution is -2.30. The summed E-state index contributed by atoms with van der Waals surface area (Å²) in [6.45, 7) is 0. The van der Waals surface area contributed by atoms with Crippen LogP contribution in [0.1, 0.15) is 16.7 Å². The second-order valence-corrected chi connectivity index (χ2v) is 5.47. The highest BCUT2D eigenvalue weighted by atomic mass is 35.5. The molecule has 120 valence electrons. The van der Waals surface area contributed by atoms with E-state index in [2.05, 4.69) is 5.32 Å². The van der Waals surface area contributed by atoms with Gasteiger partial charge in [0.15, 0.2) is 0 Å². The molecule has 1 aliphatic rings. The summed E-state index contributed by atoms with van der Waals surface area (Å²) < 4.78 is 53.6. The van der Waals surface area contributed by atoms with Crippen molar-refractivity contribution >= 4 is 23.2 Å². The number of anilines is 1. The van der Waals surface area contributed by atoms with Crippen molar-refractivity contribution in [3.8, 4) is 5.75 Å². The predicted molar refractivity (Wildman–Crippen MR) is 75.1 cm³/mol. The van der Waals surface area contributed by atoms with Gasteiger partial charge in [-0.15, -0.1) is 0 Å². The Morgan fingerprint density at radius 1 is 1.09 bits per heavy atom. The van der Waals surface area contributed by atoms with Gasteiger partial charge in [-0.05, 0) is 30.3 Å². The monoisotopic (exact) mass is 345 g/mol. The molecule has 0 fully saturated rings. The van der Waals surface area contributed by atoms with Crippen molar-refractivity contribution in [1.82, 2.24) is 0 Å². The first-order chi connectivity index (χ1) is 10.6. The number of phenols is 1. The zero-order chi connectivity index (χ0) is 17.0. The molecule has 0 aliphatic carbocycles. The molecule has 8 heteroatoms. The molecule has 0 radical (unpaired) electrons. The zero-order valence-electron chi connectivity index (χ0n) is 11.2. The van der Waals surface area contributed by atoms with Gasteiger partial charge in [-0.3, -0.25) is 4.79 Å². The second kappa shape index (κ2) is 4.86. The van der Waals surface area contributed by atoms with Crippen molar-refractivity contribution in [2.45, 2.75) is 11.8 Å². The predicted octanol–water partition coefficient (Wildman–Crippen LogP) is 4.23. The number of phenolic OH excluding ortho intramolecular Hbond substituents is 1. The lowest BCUT2D eigenvalue weighted by Gasteiger charge is -2.20. The summed E-state index contributed by atoms with van der Waals surface area (Å²) >= 11 is 5.76. The van der Waals surface area contributed by atoms with Crippen LogP contribution in [0.5, 0.6) is 5.75 Å². The Morgan fingerprint density at radius 2 is 1.78 bits per heavy atom. The topological polar surface area (TPSA) is 49.3 Å². The molecule has 1 aliphatic heterocycles. The van der Waals surface area contributed by atoms with Gasteiger partial charge in [-0.25, -0.2) is 4.39 Å². The summed E-state index contributed by atoms with van der Waals surface area (Å²) in [5, 5.41) is 12.0. The fourth-order valence-electron chi connectivity index (χ4n) is 2.51. The first kappa shape index (κ1) is 15.6. The van der Waals surface area contributed by atoms with Gasteiger partial charge in [0.25, 0.3) is 5.91 Å². The van der Waals surface area contributed by atoms with E-state index in [1.807, 2.05) is 0 Å². The number of carbonyl (C=O) groups excluding carboxylic acids is 1. The number of alkyl halides is 4. The summed E-state index contributed by atoms with van der Waals surface area (Å²) in [6, 6.07) is 5.66. The van der Waals surface area contributed by atoms with Crippen molar-refractivity contribution in [3.05, 3.63) is 58.1 Å². The van der Waals surface area contributed by atoms with E-state index < -0.39 is 34.6 Å². The number of fused-ring (bicyclic) bond motifs is 1. The highest BCUT2D eigenvalue weighted by Gasteiger charge is 2.51. The van der Waals surface area contributed by atoms with Gasteiger partial charge in [0.05, 0.1) is 5.56 Å². The van der Waals surface area contributed by atoms with E-state index >= 15 is 4.39 Å². The fourth-order valence-corrected chi connectivity index (χ4v) is 2.68. The standard InChI is InChI=1S/C15H8ClF4NO2/c16-8-2-4-12(22)10(6-8)14(17)9-3-1-7(15(18,19)20)5-11(9)21-13(14)23/h1-6,22H,(H,21,23). The number of hydrogen-bond donors (Lipinski definition) is 2. The summed E-state index contributed by atoms with van der Waals surface area (Å²) in [5.41, 5.74) is -4.88. The van der Waals surface area contributed by atoms with Crippen molar-refractivity contribution in [2.75, 3.05) is 5.32 Å². The number of aromatic hydroxyl groups is 1. The summed E-state index contributed by atoms with van der Waals surface area (Å²) in [5.74, 6) is -1.72. The normalized spacial score (nSPS) is 20.3. The maximum atomic E-state index is 15.4. The van der Waals surface area contributed by atoms with Crippen LogP contribution >= 0.6 is 11.6 Å². The third kappa shape index (κ3) is 2.31. The highest BCUT2D eigenvalue weighted by Crippen LogP contribution is 2.48. The lowest BCUT2D eigenvalue weighted by molar-refractivity contribution is -0.137. The minimum absolute atomic E-state index is 0.0722. The van der Waals surface area contributed by atoms with E-state index in [0.717, 1.165) is 18.2 Å². The molecule has 3 rings (SSSR count). The van der Waals surface area contributed by atoms with Crippen molar-refractivity contribution < 1.29 is 27.5 Å². The number of halogens is 5. The maximum Gasteiger partial charge on any atom is 0.416 e. The van der Waals surface area contributed by atoms with Gasteiger partial charge in [0, 0.05) is 21.8 Å². The molecular formula is C15H8ClF4NO2. The van der Waals surface area contributed by atoms with Crippen LogP contribution in [0, 0.1) is 0 Å². The van der Waals surface area contributed by atoms with Gasteiger partial charge in [0.2, 0.25) is 5.67 Å². The third-order valence-corrected chi connectivity index (χ3v) is 3.84. The molecule has 0 saturated carbocycles. The van der Waals surface area contributed by atoms with Crippen molar-refractivity contribution in [3.63, 3.8) is 0 Å². The maximum absolute atomic E-state index is 15.4. The smallest absolute Gasteiger partial charge is 0.416 e. The molecule has 0 bridgehead atoms. The number of rotatable bonds is 1. The van der Waals surface area contributed by atoms with Crippen LogP contribution in [0.4, 0.5) is 23.2 Å². The molecule has 3 nitrogen and oxygen atoms in total. The molecule has 0 spiro atoms. The summed E-state index contributed by atoms with van der Waals surface area (Å²) in [7, 11) is 0. The number of benzene rings is 2. The number of amides is 1. The average molecular weight is 346 g/mol. The van der Waals surface area contributed by atoms with Gasteiger partial charge < -0.3 is 10.4 Å². The first-order valence-corrected chi connectivity index (χ1v) is 6.73. The molecule has 2 aromatic carbocycles. The Balaban J connectivity index is 2.20. The third-order valence-electron chi connectivity index (χ3n) is 3.61. The van der Waals surface area contributed by atoms with Gasteiger partial charge in [-0.2, -0.15) is 13.2 Å². The molecule has 2 N–H and O–H groups in total. The first-order valence-electron chi connectivity index (χ1n) is 6.35. The number of carbonyl (C=O) groups is 1. The molecule has 1 atom stereocenters. The molecule has 0 aromatic heterocycles. The van der Waals surface area contributed by atoms with Crippen LogP contribution in [0.3, 0.4) is 0 Å². The number of nitrogens with one attached hydrogen (secondary N) is 1. The minimum atomic E-state index is -4.63. The van der Waals surface area contributed by atoms with Crippen LogP contribution < -0.4 is 5.32 Å². The summed E-state index contributed by atoms with van der Waals surface area (Å²) in [4.78, 5) is 12.1. The van der Waals surface area contributed by atoms with Gasteiger partial charge in [0.1, 0.15) is 5.75 Å². The molecule has 1 amide bonds. The van der Waals surface area contributed by atoms with Crippen LogP contribution in [0.15, 0.2) is 36.4 Å². The highest BCUT2D eigenvalue weighted by molar-refractivity contribution is 6.30. The molecule has 2 aromatic rings. The average Bonchev–Trinajstić information content (AvgIpc) is 2.72. The van der Waals surface area contributed by atoms with Crippen LogP contribution in [-0.4, -0.2) is 11.0 Å². The van der Waals surface area contributed by atoms with Crippen LogP contribution in [0.25, 0.3) is 0 Å². The lowest BCUT2D eigenvalue weighted by atomic mass is 9.88. The van der Waals surface area contributed by atoms with E-state index in [9.17, 15) is 23.1 Å². The van der Waals surface area contributed by atoms with Crippen LogP contribution in [0.2, 0.25) is 5.02 Å². The minimum Gasteiger partial charge on any atom is -0.508 e.